The van der Waals surface area contributed by atoms with Crippen molar-refractivity contribution in [3.63, 3.8) is 0 Å². The highest BCUT2D eigenvalue weighted by atomic mass is 35.5. The van der Waals surface area contributed by atoms with Gasteiger partial charge in [-0.3, -0.25) is 0 Å². The van der Waals surface area contributed by atoms with Crippen LogP contribution in [0, 0.1) is 11.6 Å². The molecule has 1 fully saturated rings. The number of benzene rings is 1. The molecule has 4 heteroatoms. The van der Waals surface area contributed by atoms with E-state index in [-0.39, 0.29) is 16.7 Å². The van der Waals surface area contributed by atoms with Crippen LogP contribution in [0.1, 0.15) is 5.56 Å². The van der Waals surface area contributed by atoms with Gasteiger partial charge in [0, 0.05) is 17.0 Å². The lowest BCUT2D eigenvalue weighted by Crippen LogP contribution is -2.00. The second kappa shape index (κ2) is 3.24. The maximum atomic E-state index is 13.1. The molecule has 0 aromatic heterocycles. The van der Waals surface area contributed by atoms with Crippen molar-refractivity contribution >= 4 is 11.6 Å². The molecule has 1 aliphatic heterocycles. The highest BCUT2D eigenvalue weighted by Gasteiger charge is 2.26. The van der Waals surface area contributed by atoms with Crippen LogP contribution in [0.5, 0.6) is 0 Å². The first kappa shape index (κ1) is 8.91. The SMILES string of the molecule is Fc1ccc(Cl)c(CC2CO2)c1F. The summed E-state index contributed by atoms with van der Waals surface area (Å²) < 4.78 is 30.8. The van der Waals surface area contributed by atoms with E-state index in [0.29, 0.717) is 13.0 Å². The van der Waals surface area contributed by atoms with Crippen molar-refractivity contribution in [2.45, 2.75) is 12.5 Å². The molecular weight excluding hydrogens is 198 g/mol. The van der Waals surface area contributed by atoms with E-state index in [1.54, 1.807) is 0 Å². The van der Waals surface area contributed by atoms with E-state index in [0.717, 1.165) is 6.07 Å². The van der Waals surface area contributed by atoms with E-state index in [2.05, 4.69) is 0 Å². The molecule has 0 spiro atoms. The molecule has 1 saturated heterocycles. The van der Waals surface area contributed by atoms with Crippen LogP contribution in [0.2, 0.25) is 5.02 Å². The summed E-state index contributed by atoms with van der Waals surface area (Å²) in [6, 6.07) is 2.38. The van der Waals surface area contributed by atoms with Crippen molar-refractivity contribution in [3.05, 3.63) is 34.4 Å². The molecule has 1 aromatic rings. The zero-order chi connectivity index (χ0) is 9.42. The first-order chi connectivity index (χ1) is 6.18. The lowest BCUT2D eigenvalue weighted by Gasteiger charge is -2.03. The molecule has 13 heavy (non-hydrogen) atoms. The Morgan fingerprint density at radius 2 is 2.15 bits per heavy atom. The van der Waals surface area contributed by atoms with E-state index in [1.807, 2.05) is 0 Å². The molecule has 0 radical (unpaired) electrons. The zero-order valence-corrected chi connectivity index (χ0v) is 7.44. The van der Waals surface area contributed by atoms with Crippen LogP contribution < -0.4 is 0 Å². The molecule has 0 saturated carbocycles. The van der Waals surface area contributed by atoms with Crippen LogP contribution in [0.25, 0.3) is 0 Å². The van der Waals surface area contributed by atoms with E-state index in [1.165, 1.54) is 6.07 Å². The standard InChI is InChI=1S/C9H7ClF2O/c10-7-1-2-8(11)9(12)6(7)3-5-4-13-5/h1-2,5H,3-4H2. The summed E-state index contributed by atoms with van der Waals surface area (Å²) in [5.74, 6) is -1.72. The van der Waals surface area contributed by atoms with Crippen molar-refractivity contribution in [2.75, 3.05) is 6.61 Å². The number of halogens is 3. The highest BCUT2D eigenvalue weighted by Crippen LogP contribution is 2.26. The maximum Gasteiger partial charge on any atom is 0.163 e. The largest absolute Gasteiger partial charge is 0.373 e. The molecule has 1 aliphatic rings. The van der Waals surface area contributed by atoms with E-state index >= 15 is 0 Å². The van der Waals surface area contributed by atoms with Gasteiger partial charge in [-0.05, 0) is 12.1 Å². The van der Waals surface area contributed by atoms with Crippen molar-refractivity contribution in [3.8, 4) is 0 Å². The smallest absolute Gasteiger partial charge is 0.163 e. The van der Waals surface area contributed by atoms with Crippen molar-refractivity contribution in [2.24, 2.45) is 0 Å². The Morgan fingerprint density at radius 1 is 1.46 bits per heavy atom. The predicted molar refractivity (Wildman–Crippen MR) is 44.8 cm³/mol. The molecule has 1 heterocycles. The number of hydrogen-bond donors (Lipinski definition) is 0. The van der Waals surface area contributed by atoms with Crippen molar-refractivity contribution in [1.29, 1.82) is 0 Å². The molecule has 1 unspecified atom stereocenters. The van der Waals surface area contributed by atoms with Crippen LogP contribution >= 0.6 is 11.6 Å². The monoisotopic (exact) mass is 204 g/mol. The minimum absolute atomic E-state index is 0.00815. The van der Waals surface area contributed by atoms with Gasteiger partial charge in [-0.15, -0.1) is 0 Å². The van der Waals surface area contributed by atoms with Gasteiger partial charge in [0.1, 0.15) is 0 Å². The second-order valence-electron chi connectivity index (χ2n) is 2.98. The summed E-state index contributed by atoms with van der Waals surface area (Å²) in [5.41, 5.74) is 0.212. The van der Waals surface area contributed by atoms with Crippen LogP contribution in [-0.2, 0) is 11.2 Å². The van der Waals surface area contributed by atoms with Gasteiger partial charge in [0.05, 0.1) is 12.7 Å². The van der Waals surface area contributed by atoms with Gasteiger partial charge in [0.15, 0.2) is 11.6 Å². The Morgan fingerprint density at radius 3 is 2.77 bits per heavy atom. The summed E-state index contributed by atoms with van der Waals surface area (Å²) in [5, 5.41) is 0.259. The summed E-state index contributed by atoms with van der Waals surface area (Å²) in [6.45, 7) is 0.603. The quantitative estimate of drug-likeness (QED) is 0.533. The minimum atomic E-state index is -0.861. The third kappa shape index (κ3) is 1.81. The van der Waals surface area contributed by atoms with Crippen molar-refractivity contribution in [1.82, 2.24) is 0 Å². The van der Waals surface area contributed by atoms with Gasteiger partial charge in [-0.1, -0.05) is 11.6 Å². The third-order valence-electron chi connectivity index (χ3n) is 1.97. The Balaban J connectivity index is 2.34. The van der Waals surface area contributed by atoms with Crippen LogP contribution in [0.15, 0.2) is 12.1 Å². The zero-order valence-electron chi connectivity index (χ0n) is 6.69. The molecule has 1 aromatic carbocycles. The molecular formula is C9H7ClF2O. The Bertz CT molecular complexity index is 337. The molecule has 2 rings (SSSR count). The van der Waals surface area contributed by atoms with Crippen LogP contribution in [-0.4, -0.2) is 12.7 Å². The molecule has 1 nitrogen and oxygen atoms in total. The highest BCUT2D eigenvalue weighted by molar-refractivity contribution is 6.31. The topological polar surface area (TPSA) is 12.5 Å². The number of hydrogen-bond acceptors (Lipinski definition) is 1. The average molecular weight is 205 g/mol. The fourth-order valence-corrected chi connectivity index (χ4v) is 1.39. The van der Waals surface area contributed by atoms with Gasteiger partial charge in [-0.25, -0.2) is 8.78 Å². The average Bonchev–Trinajstić information content (AvgIpc) is 2.89. The van der Waals surface area contributed by atoms with Crippen LogP contribution in [0.4, 0.5) is 8.78 Å². The van der Waals surface area contributed by atoms with E-state index in [9.17, 15) is 8.78 Å². The normalized spacial score (nSPS) is 20.4. The minimum Gasteiger partial charge on any atom is -0.373 e. The maximum absolute atomic E-state index is 13.1. The second-order valence-corrected chi connectivity index (χ2v) is 3.39. The van der Waals surface area contributed by atoms with Crippen molar-refractivity contribution < 1.29 is 13.5 Å². The molecule has 70 valence electrons. The summed E-state index contributed by atoms with van der Waals surface area (Å²) >= 11 is 5.71. The summed E-state index contributed by atoms with van der Waals surface area (Å²) in [6.07, 6.45) is 0.358. The fraction of sp³-hybridized carbons (Fsp3) is 0.333. The molecule has 0 bridgehead atoms. The van der Waals surface area contributed by atoms with E-state index < -0.39 is 11.6 Å². The van der Waals surface area contributed by atoms with Gasteiger partial charge in [0.25, 0.3) is 0 Å². The lowest BCUT2D eigenvalue weighted by atomic mass is 10.1. The molecule has 1 atom stereocenters. The number of epoxide rings is 1. The first-order valence-corrected chi connectivity index (χ1v) is 4.30. The van der Waals surface area contributed by atoms with Gasteiger partial charge in [0.2, 0.25) is 0 Å². The van der Waals surface area contributed by atoms with Gasteiger partial charge in [-0.2, -0.15) is 0 Å². The Hall–Kier alpha value is -0.670. The van der Waals surface area contributed by atoms with Crippen LogP contribution in [0.3, 0.4) is 0 Å². The van der Waals surface area contributed by atoms with Gasteiger partial charge >= 0.3 is 0 Å². The molecule has 0 amide bonds. The first-order valence-electron chi connectivity index (χ1n) is 3.92. The summed E-state index contributed by atoms with van der Waals surface area (Å²) in [7, 11) is 0. The Kier molecular flexibility index (Phi) is 2.22. The molecule has 0 N–H and O–H groups in total. The summed E-state index contributed by atoms with van der Waals surface area (Å²) in [4.78, 5) is 0. The third-order valence-corrected chi connectivity index (χ3v) is 2.33. The Labute approximate surface area is 79.3 Å². The number of ether oxygens (including phenoxy) is 1. The number of rotatable bonds is 2. The molecule has 0 aliphatic carbocycles. The van der Waals surface area contributed by atoms with Gasteiger partial charge < -0.3 is 4.74 Å². The van der Waals surface area contributed by atoms with E-state index in [4.69, 9.17) is 16.3 Å². The lowest BCUT2D eigenvalue weighted by molar-refractivity contribution is 0.402. The fourth-order valence-electron chi connectivity index (χ4n) is 1.17. The predicted octanol–water partition coefficient (Wildman–Crippen LogP) is 2.56.